The number of benzene rings is 2. The SMILES string of the molecule is COc1ccccc1[C@@H]1c2c(n[nH]c2C(C)(C)C)C(=O)N1c1nc2ccccc2s1. The van der Waals surface area contributed by atoms with Crippen molar-refractivity contribution in [1.29, 1.82) is 0 Å². The van der Waals surface area contributed by atoms with E-state index in [0.29, 0.717) is 10.8 Å². The molecule has 0 saturated carbocycles. The molecule has 2 aromatic heterocycles. The highest BCUT2D eigenvalue weighted by molar-refractivity contribution is 7.22. The lowest BCUT2D eigenvalue weighted by Gasteiger charge is -2.27. The van der Waals surface area contributed by atoms with Crippen molar-refractivity contribution in [1.82, 2.24) is 15.2 Å². The second-order valence-electron chi connectivity index (χ2n) is 8.39. The number of carbonyl (C=O) groups is 1. The Balaban J connectivity index is 1.77. The molecule has 0 saturated heterocycles. The van der Waals surface area contributed by atoms with E-state index >= 15 is 0 Å². The maximum Gasteiger partial charge on any atom is 0.281 e. The number of hydrogen-bond donors (Lipinski definition) is 1. The van der Waals surface area contributed by atoms with Crippen LogP contribution >= 0.6 is 11.3 Å². The third-order valence-electron chi connectivity index (χ3n) is 5.43. The number of aromatic amines is 1. The molecule has 4 aromatic rings. The van der Waals surface area contributed by atoms with Crippen molar-refractivity contribution in [2.45, 2.75) is 32.2 Å². The molecule has 7 heteroatoms. The Bertz CT molecular complexity index is 1230. The van der Waals surface area contributed by atoms with Gasteiger partial charge in [0.2, 0.25) is 0 Å². The fraction of sp³-hybridized carbons (Fsp3) is 0.261. The molecule has 3 heterocycles. The number of fused-ring (bicyclic) bond motifs is 2. The van der Waals surface area contributed by atoms with E-state index < -0.39 is 0 Å². The lowest BCUT2D eigenvalue weighted by atomic mass is 9.85. The number of nitrogens with zero attached hydrogens (tertiary/aromatic N) is 3. The quantitative estimate of drug-likeness (QED) is 0.504. The zero-order valence-electron chi connectivity index (χ0n) is 17.3. The van der Waals surface area contributed by atoms with Crippen LogP contribution in [-0.2, 0) is 5.41 Å². The van der Waals surface area contributed by atoms with E-state index in [0.717, 1.165) is 32.8 Å². The molecular weight excluding hydrogens is 396 g/mol. The van der Waals surface area contributed by atoms with Gasteiger partial charge in [-0.05, 0) is 18.2 Å². The standard InChI is InChI=1S/C23H22N4O2S/c1-23(2,3)20-17-18(25-26-20)21(28)27(19(17)13-9-5-7-11-15(13)29-4)22-24-14-10-6-8-12-16(14)30-22/h5-12,19H,1-4H3,(H,25,26)/t19-/m1/s1. The van der Waals surface area contributed by atoms with Crippen molar-refractivity contribution in [2.75, 3.05) is 12.0 Å². The van der Waals surface area contributed by atoms with Crippen molar-refractivity contribution in [2.24, 2.45) is 0 Å². The molecule has 0 spiro atoms. The maximum absolute atomic E-state index is 13.6. The number of ether oxygens (including phenoxy) is 1. The van der Waals surface area contributed by atoms with Gasteiger partial charge in [-0.2, -0.15) is 5.10 Å². The molecule has 0 unspecified atom stereocenters. The van der Waals surface area contributed by atoms with Crippen molar-refractivity contribution in [3.05, 3.63) is 71.0 Å². The van der Waals surface area contributed by atoms with Gasteiger partial charge in [-0.15, -0.1) is 0 Å². The Morgan fingerprint density at radius 3 is 2.57 bits per heavy atom. The summed E-state index contributed by atoms with van der Waals surface area (Å²) in [5.74, 6) is 0.585. The van der Waals surface area contributed by atoms with Crippen LogP contribution in [0.25, 0.3) is 10.2 Å². The molecule has 0 aliphatic carbocycles. The van der Waals surface area contributed by atoms with Crippen molar-refractivity contribution in [3.8, 4) is 5.75 Å². The molecule has 2 aromatic carbocycles. The van der Waals surface area contributed by atoms with Crippen LogP contribution in [0.1, 0.15) is 54.1 Å². The van der Waals surface area contributed by atoms with Crippen LogP contribution < -0.4 is 9.64 Å². The molecule has 0 fully saturated rings. The smallest absolute Gasteiger partial charge is 0.281 e. The van der Waals surface area contributed by atoms with E-state index in [-0.39, 0.29) is 17.4 Å². The number of amides is 1. The van der Waals surface area contributed by atoms with E-state index in [2.05, 4.69) is 31.0 Å². The summed E-state index contributed by atoms with van der Waals surface area (Å²) < 4.78 is 6.71. The van der Waals surface area contributed by atoms with Crippen LogP contribution in [0, 0.1) is 0 Å². The number of anilines is 1. The number of carbonyl (C=O) groups excluding carboxylic acids is 1. The van der Waals surface area contributed by atoms with Gasteiger partial charge >= 0.3 is 0 Å². The van der Waals surface area contributed by atoms with Gasteiger partial charge in [-0.3, -0.25) is 14.8 Å². The lowest BCUT2D eigenvalue weighted by Crippen LogP contribution is -2.30. The topological polar surface area (TPSA) is 71.1 Å². The molecule has 0 radical (unpaired) electrons. The first-order chi connectivity index (χ1) is 14.4. The molecule has 6 nitrogen and oxygen atoms in total. The summed E-state index contributed by atoms with van der Waals surface area (Å²) in [5, 5.41) is 8.21. The van der Waals surface area contributed by atoms with Crippen LogP contribution in [0.5, 0.6) is 5.75 Å². The summed E-state index contributed by atoms with van der Waals surface area (Å²) >= 11 is 1.51. The van der Waals surface area contributed by atoms with Crippen molar-refractivity contribution >= 4 is 32.6 Å². The van der Waals surface area contributed by atoms with Crippen LogP contribution in [0.4, 0.5) is 5.13 Å². The zero-order valence-corrected chi connectivity index (χ0v) is 18.1. The van der Waals surface area contributed by atoms with E-state index in [1.807, 2.05) is 48.5 Å². The van der Waals surface area contributed by atoms with E-state index in [1.165, 1.54) is 11.3 Å². The first-order valence-electron chi connectivity index (χ1n) is 9.81. The number of rotatable bonds is 3. The number of H-pyrrole nitrogens is 1. The number of hydrogen-bond acceptors (Lipinski definition) is 5. The number of aromatic nitrogens is 3. The summed E-state index contributed by atoms with van der Waals surface area (Å²) in [4.78, 5) is 20.1. The predicted octanol–water partition coefficient (Wildman–Crippen LogP) is 5.08. The summed E-state index contributed by atoms with van der Waals surface area (Å²) in [5.41, 5.74) is 3.89. The Morgan fingerprint density at radius 1 is 1.10 bits per heavy atom. The second-order valence-corrected chi connectivity index (χ2v) is 9.40. The van der Waals surface area contributed by atoms with Crippen LogP contribution in [-0.4, -0.2) is 28.2 Å². The molecule has 30 heavy (non-hydrogen) atoms. The summed E-state index contributed by atoms with van der Waals surface area (Å²) in [6.07, 6.45) is 0. The van der Waals surface area contributed by atoms with Crippen molar-refractivity contribution in [3.63, 3.8) is 0 Å². The number of thiazole rings is 1. The normalized spacial score (nSPS) is 16.3. The number of methoxy groups -OCH3 is 1. The lowest BCUT2D eigenvalue weighted by molar-refractivity contribution is 0.0988. The van der Waals surface area contributed by atoms with E-state index in [9.17, 15) is 4.79 Å². The third-order valence-corrected chi connectivity index (χ3v) is 6.46. The van der Waals surface area contributed by atoms with Gasteiger partial charge in [0, 0.05) is 22.2 Å². The molecule has 1 aliphatic rings. The van der Waals surface area contributed by atoms with Crippen molar-refractivity contribution < 1.29 is 9.53 Å². The minimum absolute atomic E-state index is 0.147. The molecular formula is C23H22N4O2S. The van der Waals surface area contributed by atoms with E-state index in [1.54, 1.807) is 12.0 Å². The van der Waals surface area contributed by atoms with E-state index in [4.69, 9.17) is 9.72 Å². The largest absolute Gasteiger partial charge is 0.496 e. The Kier molecular flexibility index (Phi) is 4.18. The average molecular weight is 419 g/mol. The maximum atomic E-state index is 13.6. The Morgan fingerprint density at radius 2 is 1.83 bits per heavy atom. The fourth-order valence-electron chi connectivity index (χ4n) is 4.06. The van der Waals surface area contributed by atoms with Gasteiger partial charge < -0.3 is 4.74 Å². The van der Waals surface area contributed by atoms with Gasteiger partial charge in [0.25, 0.3) is 5.91 Å². The third kappa shape index (κ3) is 2.73. The number of nitrogens with one attached hydrogen (secondary N) is 1. The molecule has 152 valence electrons. The molecule has 1 amide bonds. The average Bonchev–Trinajstić information content (AvgIpc) is 3.40. The molecule has 1 aliphatic heterocycles. The van der Waals surface area contributed by atoms with Gasteiger partial charge in [0.15, 0.2) is 10.8 Å². The van der Waals surface area contributed by atoms with Gasteiger partial charge in [0.1, 0.15) is 5.75 Å². The van der Waals surface area contributed by atoms with Gasteiger partial charge in [-0.25, -0.2) is 4.98 Å². The van der Waals surface area contributed by atoms with Gasteiger partial charge in [0.05, 0.1) is 23.4 Å². The molecule has 5 rings (SSSR count). The first kappa shape index (κ1) is 18.8. The Hall–Kier alpha value is -3.19. The van der Waals surface area contributed by atoms with Crippen LogP contribution in [0.2, 0.25) is 0 Å². The predicted molar refractivity (Wildman–Crippen MR) is 119 cm³/mol. The highest BCUT2D eigenvalue weighted by Crippen LogP contribution is 2.48. The molecule has 1 N–H and O–H groups in total. The summed E-state index contributed by atoms with van der Waals surface area (Å²) in [6.45, 7) is 6.35. The van der Waals surface area contributed by atoms with Crippen LogP contribution in [0.15, 0.2) is 48.5 Å². The minimum atomic E-state index is -0.364. The monoisotopic (exact) mass is 418 g/mol. The van der Waals surface area contributed by atoms with Crippen LogP contribution in [0.3, 0.4) is 0 Å². The number of para-hydroxylation sites is 2. The van der Waals surface area contributed by atoms with Gasteiger partial charge in [-0.1, -0.05) is 62.4 Å². The summed E-state index contributed by atoms with van der Waals surface area (Å²) in [6, 6.07) is 15.4. The Labute approximate surface area is 178 Å². The minimum Gasteiger partial charge on any atom is -0.496 e. The molecule has 0 bridgehead atoms. The molecule has 1 atom stereocenters. The second kappa shape index (κ2) is 6.67. The zero-order chi connectivity index (χ0) is 21.0. The first-order valence-corrected chi connectivity index (χ1v) is 10.6. The summed E-state index contributed by atoms with van der Waals surface area (Å²) in [7, 11) is 1.65. The highest BCUT2D eigenvalue weighted by Gasteiger charge is 2.46. The highest BCUT2D eigenvalue weighted by atomic mass is 32.1. The fourth-order valence-corrected chi connectivity index (χ4v) is 5.05.